The van der Waals surface area contributed by atoms with Crippen molar-refractivity contribution in [1.29, 1.82) is 0 Å². The number of fused-ring (bicyclic) bond motifs is 1. The SMILES string of the molecule is COc1cccc(N2CCN(CCCCn3cnc4ccccc43)CC2)c1.Cl. The first-order chi connectivity index (χ1) is 13.3. The molecule has 6 heteroatoms. The first-order valence-electron chi connectivity index (χ1n) is 9.85. The quantitative estimate of drug-likeness (QED) is 0.560. The molecule has 150 valence electrons. The lowest BCUT2D eigenvalue weighted by Gasteiger charge is -2.36. The van der Waals surface area contributed by atoms with Crippen LogP contribution in [-0.2, 0) is 6.54 Å². The number of piperazine rings is 1. The van der Waals surface area contributed by atoms with E-state index in [2.05, 4.69) is 55.7 Å². The van der Waals surface area contributed by atoms with Crippen LogP contribution in [0.2, 0.25) is 0 Å². The molecule has 4 rings (SSSR count). The molecule has 3 aromatic rings. The van der Waals surface area contributed by atoms with Gasteiger partial charge in [-0.1, -0.05) is 18.2 Å². The minimum atomic E-state index is 0. The molecule has 2 aromatic carbocycles. The van der Waals surface area contributed by atoms with Crippen molar-refractivity contribution in [2.45, 2.75) is 19.4 Å². The number of aryl methyl sites for hydroxylation is 1. The van der Waals surface area contributed by atoms with E-state index in [0.29, 0.717) is 0 Å². The average molecular weight is 401 g/mol. The molecule has 1 saturated heterocycles. The van der Waals surface area contributed by atoms with E-state index in [9.17, 15) is 0 Å². The van der Waals surface area contributed by atoms with E-state index in [1.807, 2.05) is 18.5 Å². The molecule has 0 aliphatic carbocycles. The number of anilines is 1. The first kappa shape index (κ1) is 20.5. The van der Waals surface area contributed by atoms with Gasteiger partial charge in [0.2, 0.25) is 0 Å². The van der Waals surface area contributed by atoms with Crippen LogP contribution in [0.15, 0.2) is 54.9 Å². The third-order valence-corrected chi connectivity index (χ3v) is 5.44. The van der Waals surface area contributed by atoms with Gasteiger partial charge in [-0.05, 0) is 43.7 Å². The molecular formula is C22H29ClN4O. The number of hydrogen-bond acceptors (Lipinski definition) is 4. The highest BCUT2D eigenvalue weighted by atomic mass is 35.5. The lowest BCUT2D eigenvalue weighted by Crippen LogP contribution is -2.46. The molecule has 0 bridgehead atoms. The Balaban J connectivity index is 0.00000225. The second-order valence-corrected chi connectivity index (χ2v) is 7.16. The number of rotatable bonds is 7. The maximum Gasteiger partial charge on any atom is 0.120 e. The largest absolute Gasteiger partial charge is 0.497 e. The lowest BCUT2D eigenvalue weighted by atomic mass is 10.2. The summed E-state index contributed by atoms with van der Waals surface area (Å²) in [5, 5.41) is 0. The van der Waals surface area contributed by atoms with E-state index in [1.165, 1.54) is 30.6 Å². The summed E-state index contributed by atoms with van der Waals surface area (Å²) in [5.74, 6) is 0.932. The normalized spacial score (nSPS) is 14.8. The number of methoxy groups -OCH3 is 1. The van der Waals surface area contributed by atoms with Crippen molar-refractivity contribution < 1.29 is 4.74 Å². The van der Waals surface area contributed by atoms with Gasteiger partial charge in [0.15, 0.2) is 0 Å². The maximum absolute atomic E-state index is 5.35. The monoisotopic (exact) mass is 400 g/mol. The Hall–Kier alpha value is -2.24. The predicted octanol–water partition coefficient (Wildman–Crippen LogP) is 4.07. The zero-order valence-electron chi connectivity index (χ0n) is 16.5. The number of aromatic nitrogens is 2. The van der Waals surface area contributed by atoms with Crippen LogP contribution in [0.3, 0.4) is 0 Å². The van der Waals surface area contributed by atoms with E-state index in [4.69, 9.17) is 4.74 Å². The van der Waals surface area contributed by atoms with E-state index in [0.717, 1.165) is 44.0 Å². The van der Waals surface area contributed by atoms with Crippen molar-refractivity contribution in [2.75, 3.05) is 44.7 Å². The van der Waals surface area contributed by atoms with Gasteiger partial charge in [0.25, 0.3) is 0 Å². The van der Waals surface area contributed by atoms with Crippen molar-refractivity contribution in [1.82, 2.24) is 14.5 Å². The second kappa shape index (κ2) is 9.80. The molecule has 1 aliphatic heterocycles. The number of imidazole rings is 1. The van der Waals surface area contributed by atoms with Crippen LogP contribution < -0.4 is 9.64 Å². The summed E-state index contributed by atoms with van der Waals surface area (Å²) in [5.41, 5.74) is 3.59. The molecule has 0 N–H and O–H groups in total. The van der Waals surface area contributed by atoms with Crippen molar-refractivity contribution >= 4 is 29.1 Å². The Labute approximate surface area is 173 Å². The summed E-state index contributed by atoms with van der Waals surface area (Å²) in [7, 11) is 1.73. The molecule has 28 heavy (non-hydrogen) atoms. The van der Waals surface area contributed by atoms with Gasteiger partial charge < -0.3 is 14.2 Å². The third-order valence-electron chi connectivity index (χ3n) is 5.44. The van der Waals surface area contributed by atoms with Crippen molar-refractivity contribution in [3.05, 3.63) is 54.9 Å². The fourth-order valence-electron chi connectivity index (χ4n) is 3.84. The number of halogens is 1. The number of ether oxygens (including phenoxy) is 1. The average Bonchev–Trinajstić information content (AvgIpc) is 3.15. The van der Waals surface area contributed by atoms with Crippen LogP contribution in [0.4, 0.5) is 5.69 Å². The number of unbranched alkanes of at least 4 members (excludes halogenated alkanes) is 1. The summed E-state index contributed by atoms with van der Waals surface area (Å²) in [6.45, 7) is 6.65. The topological polar surface area (TPSA) is 33.5 Å². The minimum Gasteiger partial charge on any atom is -0.497 e. The Kier molecular flexibility index (Phi) is 7.18. The molecular weight excluding hydrogens is 372 g/mol. The van der Waals surface area contributed by atoms with Crippen molar-refractivity contribution in [3.8, 4) is 5.75 Å². The van der Waals surface area contributed by atoms with Gasteiger partial charge in [-0.25, -0.2) is 4.98 Å². The Morgan fingerprint density at radius 1 is 0.929 bits per heavy atom. The molecule has 0 spiro atoms. The Bertz CT molecular complexity index is 874. The van der Waals surface area contributed by atoms with Gasteiger partial charge in [0.05, 0.1) is 24.5 Å². The van der Waals surface area contributed by atoms with Crippen LogP contribution in [0.25, 0.3) is 11.0 Å². The Morgan fingerprint density at radius 2 is 1.71 bits per heavy atom. The number of hydrogen-bond donors (Lipinski definition) is 0. The van der Waals surface area contributed by atoms with Crippen molar-refractivity contribution in [3.63, 3.8) is 0 Å². The zero-order chi connectivity index (χ0) is 18.5. The third kappa shape index (κ3) is 4.78. The van der Waals surface area contributed by atoms with Gasteiger partial charge in [-0.3, -0.25) is 4.90 Å². The fraction of sp³-hybridized carbons (Fsp3) is 0.409. The van der Waals surface area contributed by atoms with Gasteiger partial charge in [-0.2, -0.15) is 0 Å². The van der Waals surface area contributed by atoms with Crippen LogP contribution in [-0.4, -0.2) is 54.3 Å². The standard InChI is InChI=1S/C22H28N4O.ClH/c1-27-20-8-6-7-19(17-20)25-15-13-24(14-16-25)11-4-5-12-26-18-23-21-9-2-3-10-22(21)26;/h2-3,6-10,17-18H,4-5,11-16H2,1H3;1H. The summed E-state index contributed by atoms with van der Waals surface area (Å²) in [4.78, 5) is 9.52. The molecule has 0 unspecified atom stereocenters. The zero-order valence-corrected chi connectivity index (χ0v) is 17.3. The highest BCUT2D eigenvalue weighted by molar-refractivity contribution is 5.85. The molecule has 0 radical (unpaired) electrons. The van der Waals surface area contributed by atoms with Gasteiger partial charge in [0.1, 0.15) is 5.75 Å². The molecule has 0 atom stereocenters. The van der Waals surface area contributed by atoms with E-state index in [-0.39, 0.29) is 12.4 Å². The predicted molar refractivity (Wildman–Crippen MR) is 118 cm³/mol. The lowest BCUT2D eigenvalue weighted by molar-refractivity contribution is 0.251. The molecule has 0 amide bonds. The van der Waals surface area contributed by atoms with Gasteiger partial charge >= 0.3 is 0 Å². The van der Waals surface area contributed by atoms with Crippen molar-refractivity contribution in [2.24, 2.45) is 0 Å². The summed E-state index contributed by atoms with van der Waals surface area (Å²) >= 11 is 0. The summed E-state index contributed by atoms with van der Waals surface area (Å²) in [6, 6.07) is 16.7. The smallest absolute Gasteiger partial charge is 0.120 e. The highest BCUT2D eigenvalue weighted by Gasteiger charge is 2.17. The molecule has 0 saturated carbocycles. The van der Waals surface area contributed by atoms with E-state index >= 15 is 0 Å². The van der Waals surface area contributed by atoms with Gasteiger partial charge in [0, 0.05) is 44.5 Å². The van der Waals surface area contributed by atoms with Crippen LogP contribution in [0.1, 0.15) is 12.8 Å². The number of benzene rings is 2. The molecule has 5 nitrogen and oxygen atoms in total. The Morgan fingerprint density at radius 3 is 2.54 bits per heavy atom. The highest BCUT2D eigenvalue weighted by Crippen LogP contribution is 2.22. The fourth-order valence-corrected chi connectivity index (χ4v) is 3.84. The molecule has 1 aliphatic rings. The van der Waals surface area contributed by atoms with Crippen LogP contribution in [0.5, 0.6) is 5.75 Å². The second-order valence-electron chi connectivity index (χ2n) is 7.16. The summed E-state index contributed by atoms with van der Waals surface area (Å²) < 4.78 is 7.62. The van der Waals surface area contributed by atoms with Crippen LogP contribution >= 0.6 is 12.4 Å². The first-order valence-corrected chi connectivity index (χ1v) is 9.85. The molecule has 1 fully saturated rings. The summed E-state index contributed by atoms with van der Waals surface area (Å²) in [6.07, 6.45) is 4.39. The van der Waals surface area contributed by atoms with Crippen LogP contribution in [0, 0.1) is 0 Å². The van der Waals surface area contributed by atoms with E-state index < -0.39 is 0 Å². The molecule has 1 aromatic heterocycles. The molecule has 2 heterocycles. The minimum absolute atomic E-state index is 0. The number of para-hydroxylation sites is 2. The number of nitrogens with zero attached hydrogens (tertiary/aromatic N) is 4. The van der Waals surface area contributed by atoms with Gasteiger partial charge in [-0.15, -0.1) is 12.4 Å². The maximum atomic E-state index is 5.35. The van der Waals surface area contributed by atoms with E-state index in [1.54, 1.807) is 7.11 Å².